The molecule has 3 heterocycles. The van der Waals surface area contributed by atoms with E-state index in [2.05, 4.69) is 19.4 Å². The number of aryl methyl sites for hydroxylation is 1. The third-order valence-corrected chi connectivity index (χ3v) is 5.82. The van der Waals surface area contributed by atoms with E-state index in [-0.39, 0.29) is 5.91 Å². The lowest BCUT2D eigenvalue weighted by Gasteiger charge is -2.34. The summed E-state index contributed by atoms with van der Waals surface area (Å²) in [6.07, 6.45) is 8.96. The van der Waals surface area contributed by atoms with Crippen LogP contribution in [0.2, 0.25) is 0 Å². The molecule has 0 spiro atoms. The van der Waals surface area contributed by atoms with E-state index in [1.165, 1.54) is 0 Å². The third-order valence-electron chi connectivity index (χ3n) is 5.82. The summed E-state index contributed by atoms with van der Waals surface area (Å²) in [5.41, 5.74) is 6.94. The lowest BCUT2D eigenvalue weighted by atomic mass is 10.1. The maximum absolute atomic E-state index is 12.5. The van der Waals surface area contributed by atoms with Crippen LogP contribution in [0.3, 0.4) is 0 Å². The molecule has 0 saturated carbocycles. The summed E-state index contributed by atoms with van der Waals surface area (Å²) in [6, 6.07) is 9.38. The summed E-state index contributed by atoms with van der Waals surface area (Å²) in [5.74, 6) is 0.548. The number of hydrogen-bond donors (Lipinski definition) is 1. The van der Waals surface area contributed by atoms with Crippen LogP contribution in [0.1, 0.15) is 36.0 Å². The van der Waals surface area contributed by atoms with Crippen LogP contribution in [0.15, 0.2) is 48.9 Å². The monoisotopic (exact) mass is 420 g/mol. The summed E-state index contributed by atoms with van der Waals surface area (Å²) < 4.78 is 2.15. The van der Waals surface area contributed by atoms with Gasteiger partial charge in [-0.15, -0.1) is 0 Å². The zero-order chi connectivity index (χ0) is 21.6. The second kappa shape index (κ2) is 9.59. The van der Waals surface area contributed by atoms with Gasteiger partial charge in [0, 0.05) is 68.8 Å². The SMILES string of the molecule is NC(=O)c1ccc2ccn(CCCCCC(=O)N3CCN(c4ncccn4)CC3)c2c1. The van der Waals surface area contributed by atoms with Gasteiger partial charge < -0.3 is 20.1 Å². The van der Waals surface area contributed by atoms with Crippen LogP contribution >= 0.6 is 0 Å². The van der Waals surface area contributed by atoms with E-state index in [4.69, 9.17) is 5.73 Å². The predicted molar refractivity (Wildman–Crippen MR) is 120 cm³/mol. The maximum atomic E-state index is 12.5. The Hall–Kier alpha value is -3.42. The van der Waals surface area contributed by atoms with Crippen molar-refractivity contribution in [3.63, 3.8) is 0 Å². The van der Waals surface area contributed by atoms with Crippen molar-refractivity contribution < 1.29 is 9.59 Å². The fourth-order valence-electron chi connectivity index (χ4n) is 4.04. The Labute approximate surface area is 181 Å². The highest BCUT2D eigenvalue weighted by Gasteiger charge is 2.21. The van der Waals surface area contributed by atoms with E-state index < -0.39 is 5.91 Å². The minimum atomic E-state index is -0.412. The molecule has 0 bridgehead atoms. The van der Waals surface area contributed by atoms with Crippen LogP contribution in [0.25, 0.3) is 10.9 Å². The molecule has 1 saturated heterocycles. The number of amides is 2. The van der Waals surface area contributed by atoms with Gasteiger partial charge in [0.15, 0.2) is 0 Å². The van der Waals surface area contributed by atoms with E-state index in [1.807, 2.05) is 29.3 Å². The van der Waals surface area contributed by atoms with Crippen molar-refractivity contribution in [3.05, 3.63) is 54.5 Å². The topological polar surface area (TPSA) is 97.3 Å². The molecule has 0 atom stereocenters. The first-order chi connectivity index (χ1) is 15.1. The lowest BCUT2D eigenvalue weighted by Crippen LogP contribution is -2.49. The number of benzene rings is 1. The van der Waals surface area contributed by atoms with Gasteiger partial charge in [0.2, 0.25) is 17.8 Å². The number of fused-ring (bicyclic) bond motifs is 1. The van der Waals surface area contributed by atoms with Gasteiger partial charge >= 0.3 is 0 Å². The van der Waals surface area contributed by atoms with Crippen molar-refractivity contribution in [2.24, 2.45) is 5.73 Å². The number of anilines is 1. The Bertz CT molecular complexity index is 1040. The van der Waals surface area contributed by atoms with Crippen LogP contribution in [0, 0.1) is 0 Å². The van der Waals surface area contributed by atoms with Gasteiger partial charge in [0.25, 0.3) is 0 Å². The molecule has 0 radical (unpaired) electrons. The smallest absolute Gasteiger partial charge is 0.248 e. The third kappa shape index (κ3) is 5.02. The minimum Gasteiger partial charge on any atom is -0.366 e. The predicted octanol–water partition coefficient (Wildman–Crippen LogP) is 2.44. The highest BCUT2D eigenvalue weighted by molar-refractivity contribution is 5.97. The Balaban J connectivity index is 1.18. The lowest BCUT2D eigenvalue weighted by molar-refractivity contribution is -0.131. The standard InChI is InChI=1S/C23H28N6O2/c24-22(31)19-7-6-18-8-12-27(20(18)17-19)11-3-1-2-5-21(30)28-13-15-29(16-14-28)23-25-9-4-10-26-23/h4,6-10,12,17H,1-3,5,11,13-16H2,(H2,24,31). The molecule has 1 fully saturated rings. The van der Waals surface area contributed by atoms with Gasteiger partial charge in [0.1, 0.15) is 0 Å². The number of aromatic nitrogens is 3. The summed E-state index contributed by atoms with van der Waals surface area (Å²) >= 11 is 0. The van der Waals surface area contributed by atoms with Crippen LogP contribution in [-0.2, 0) is 11.3 Å². The van der Waals surface area contributed by atoms with Gasteiger partial charge in [0.05, 0.1) is 0 Å². The van der Waals surface area contributed by atoms with Gasteiger partial charge in [-0.3, -0.25) is 9.59 Å². The summed E-state index contributed by atoms with van der Waals surface area (Å²) in [4.78, 5) is 36.6. The molecule has 3 aromatic rings. The average molecular weight is 421 g/mol. The molecule has 1 aromatic carbocycles. The number of rotatable bonds is 8. The largest absolute Gasteiger partial charge is 0.366 e. The Morgan fingerprint density at radius 3 is 2.48 bits per heavy atom. The second-order valence-corrected chi connectivity index (χ2v) is 7.87. The Kier molecular flexibility index (Phi) is 6.45. The van der Waals surface area contributed by atoms with Crippen molar-refractivity contribution in [1.29, 1.82) is 0 Å². The fraction of sp³-hybridized carbons (Fsp3) is 0.391. The summed E-state index contributed by atoms with van der Waals surface area (Å²) in [5, 5.41) is 1.10. The molecule has 4 rings (SSSR count). The molecule has 0 unspecified atom stereocenters. The quantitative estimate of drug-likeness (QED) is 0.565. The number of hydrogen-bond acceptors (Lipinski definition) is 5. The molecule has 31 heavy (non-hydrogen) atoms. The van der Waals surface area contributed by atoms with Crippen molar-refractivity contribution in [2.45, 2.75) is 32.2 Å². The molecule has 2 N–H and O–H groups in total. The first kappa shape index (κ1) is 20.8. The average Bonchev–Trinajstić information content (AvgIpc) is 3.21. The van der Waals surface area contributed by atoms with Crippen LogP contribution in [0.5, 0.6) is 0 Å². The van der Waals surface area contributed by atoms with Gasteiger partial charge in [-0.05, 0) is 42.5 Å². The zero-order valence-corrected chi connectivity index (χ0v) is 17.6. The van der Waals surface area contributed by atoms with Crippen molar-refractivity contribution >= 4 is 28.7 Å². The fourth-order valence-corrected chi connectivity index (χ4v) is 4.04. The molecule has 2 aromatic heterocycles. The van der Waals surface area contributed by atoms with Crippen LogP contribution in [-0.4, -0.2) is 57.4 Å². The van der Waals surface area contributed by atoms with Gasteiger partial charge in [-0.1, -0.05) is 12.5 Å². The van der Waals surface area contributed by atoms with E-state index in [0.29, 0.717) is 25.1 Å². The molecule has 2 amide bonds. The molecule has 8 heteroatoms. The van der Waals surface area contributed by atoms with E-state index >= 15 is 0 Å². The summed E-state index contributed by atoms with van der Waals surface area (Å²) in [6.45, 7) is 3.83. The van der Waals surface area contributed by atoms with E-state index in [9.17, 15) is 9.59 Å². The van der Waals surface area contributed by atoms with Crippen molar-refractivity contribution in [3.8, 4) is 0 Å². The van der Waals surface area contributed by atoms with Gasteiger partial charge in [-0.2, -0.15) is 0 Å². The van der Waals surface area contributed by atoms with Crippen LogP contribution in [0.4, 0.5) is 5.95 Å². The minimum absolute atomic E-state index is 0.228. The Morgan fingerprint density at radius 2 is 1.74 bits per heavy atom. The molecule has 1 aliphatic rings. The number of primary amides is 1. The number of carbonyl (C=O) groups excluding carboxylic acids is 2. The van der Waals surface area contributed by atoms with E-state index in [0.717, 1.165) is 55.7 Å². The van der Waals surface area contributed by atoms with Crippen LogP contribution < -0.4 is 10.6 Å². The highest BCUT2D eigenvalue weighted by Crippen LogP contribution is 2.19. The number of nitrogens with zero attached hydrogens (tertiary/aromatic N) is 5. The molecular weight excluding hydrogens is 392 g/mol. The first-order valence-corrected chi connectivity index (χ1v) is 10.8. The van der Waals surface area contributed by atoms with Crippen molar-refractivity contribution in [1.82, 2.24) is 19.4 Å². The number of carbonyl (C=O) groups is 2. The van der Waals surface area contributed by atoms with E-state index in [1.54, 1.807) is 24.5 Å². The molecule has 8 nitrogen and oxygen atoms in total. The van der Waals surface area contributed by atoms with Crippen molar-refractivity contribution in [2.75, 3.05) is 31.1 Å². The number of unbranched alkanes of at least 4 members (excludes halogenated alkanes) is 2. The number of nitrogens with two attached hydrogens (primary N) is 1. The zero-order valence-electron chi connectivity index (χ0n) is 17.6. The highest BCUT2D eigenvalue weighted by atomic mass is 16.2. The maximum Gasteiger partial charge on any atom is 0.248 e. The number of piperazine rings is 1. The molecule has 1 aliphatic heterocycles. The molecular formula is C23H28N6O2. The molecule has 0 aliphatic carbocycles. The second-order valence-electron chi connectivity index (χ2n) is 7.87. The first-order valence-electron chi connectivity index (χ1n) is 10.8. The normalized spacial score (nSPS) is 14.2. The molecule has 162 valence electrons. The summed E-state index contributed by atoms with van der Waals surface area (Å²) in [7, 11) is 0. The van der Waals surface area contributed by atoms with Gasteiger partial charge in [-0.25, -0.2) is 9.97 Å². The Morgan fingerprint density at radius 1 is 0.968 bits per heavy atom.